The van der Waals surface area contributed by atoms with Gasteiger partial charge in [0.05, 0.1) is 18.2 Å². The van der Waals surface area contributed by atoms with Crippen LogP contribution in [0.3, 0.4) is 0 Å². The summed E-state index contributed by atoms with van der Waals surface area (Å²) in [4.78, 5) is 18.0. The van der Waals surface area contributed by atoms with Crippen LogP contribution in [-0.2, 0) is 6.54 Å². The highest BCUT2D eigenvalue weighted by Crippen LogP contribution is 2.21. The number of halogens is 1. The summed E-state index contributed by atoms with van der Waals surface area (Å²) < 4.78 is 4.91. The summed E-state index contributed by atoms with van der Waals surface area (Å²) in [6, 6.07) is 6.42. The molecule has 0 aliphatic heterocycles. The first-order valence-electron chi connectivity index (χ1n) is 5.64. The third-order valence-electron chi connectivity index (χ3n) is 2.51. The molecule has 0 spiro atoms. The third-order valence-corrected chi connectivity index (χ3v) is 2.79. The number of non-ortho nitro benzene ring substituents is 1. The molecule has 2 aromatic rings. The van der Waals surface area contributed by atoms with Crippen LogP contribution in [0.25, 0.3) is 0 Å². The van der Waals surface area contributed by atoms with Crippen molar-refractivity contribution in [1.82, 2.24) is 9.97 Å². The number of rotatable bonds is 5. The van der Waals surface area contributed by atoms with E-state index in [1.165, 1.54) is 25.4 Å². The Morgan fingerprint density at radius 3 is 2.70 bits per heavy atom. The van der Waals surface area contributed by atoms with Crippen LogP contribution in [0.1, 0.15) is 5.56 Å². The van der Waals surface area contributed by atoms with Crippen LogP contribution in [0.5, 0.6) is 6.01 Å². The van der Waals surface area contributed by atoms with Gasteiger partial charge in [0.1, 0.15) is 5.02 Å². The van der Waals surface area contributed by atoms with Crippen molar-refractivity contribution in [1.29, 1.82) is 0 Å². The second-order valence-corrected chi connectivity index (χ2v) is 4.24. The normalized spacial score (nSPS) is 10.1. The monoisotopic (exact) mass is 294 g/mol. The predicted octanol–water partition coefficient (Wildman–Crippen LogP) is 2.66. The fourth-order valence-electron chi connectivity index (χ4n) is 1.49. The van der Waals surface area contributed by atoms with E-state index in [0.717, 1.165) is 5.56 Å². The molecular weight excluding hydrogens is 284 g/mol. The van der Waals surface area contributed by atoms with Gasteiger partial charge in [-0.05, 0) is 5.56 Å². The van der Waals surface area contributed by atoms with E-state index in [-0.39, 0.29) is 11.7 Å². The molecular formula is C12H11ClN4O3. The molecule has 0 radical (unpaired) electrons. The molecule has 0 amide bonds. The first-order valence-corrected chi connectivity index (χ1v) is 6.01. The first kappa shape index (κ1) is 14.0. The summed E-state index contributed by atoms with van der Waals surface area (Å²) in [6.07, 6.45) is 1.44. The summed E-state index contributed by atoms with van der Waals surface area (Å²) in [6.45, 7) is 0.428. The molecule has 0 unspecified atom stereocenters. The number of hydrogen-bond donors (Lipinski definition) is 1. The van der Waals surface area contributed by atoms with Crippen LogP contribution in [0.15, 0.2) is 30.5 Å². The molecule has 2 rings (SSSR count). The Kier molecular flexibility index (Phi) is 4.31. The van der Waals surface area contributed by atoms with Crippen LogP contribution in [0.2, 0.25) is 5.02 Å². The van der Waals surface area contributed by atoms with Crippen molar-refractivity contribution in [3.05, 3.63) is 51.2 Å². The van der Waals surface area contributed by atoms with E-state index < -0.39 is 4.92 Å². The van der Waals surface area contributed by atoms with Crippen LogP contribution in [-0.4, -0.2) is 22.0 Å². The van der Waals surface area contributed by atoms with Gasteiger partial charge in [-0.25, -0.2) is 4.98 Å². The number of hydrogen-bond acceptors (Lipinski definition) is 6. The number of ether oxygens (including phenoxy) is 1. The van der Waals surface area contributed by atoms with Crippen molar-refractivity contribution in [2.45, 2.75) is 6.54 Å². The molecule has 0 saturated heterocycles. The summed E-state index contributed by atoms with van der Waals surface area (Å²) in [5.41, 5.74) is 0.916. The van der Waals surface area contributed by atoms with E-state index in [2.05, 4.69) is 15.3 Å². The van der Waals surface area contributed by atoms with Crippen LogP contribution in [0.4, 0.5) is 11.5 Å². The van der Waals surface area contributed by atoms with E-state index in [4.69, 9.17) is 16.3 Å². The molecule has 0 bridgehead atoms. The molecule has 0 aliphatic carbocycles. The maximum Gasteiger partial charge on any atom is 0.318 e. The Morgan fingerprint density at radius 2 is 2.10 bits per heavy atom. The van der Waals surface area contributed by atoms with Gasteiger partial charge in [-0.2, -0.15) is 4.98 Å². The molecule has 8 heteroatoms. The largest absolute Gasteiger partial charge is 0.467 e. The first-order chi connectivity index (χ1) is 9.60. The Hall–Kier alpha value is -2.41. The van der Waals surface area contributed by atoms with Crippen LogP contribution in [0, 0.1) is 10.1 Å². The fourth-order valence-corrected chi connectivity index (χ4v) is 1.65. The van der Waals surface area contributed by atoms with Gasteiger partial charge < -0.3 is 10.1 Å². The Morgan fingerprint density at radius 1 is 1.40 bits per heavy atom. The molecule has 0 saturated carbocycles. The topological polar surface area (TPSA) is 90.2 Å². The molecule has 0 atom stereocenters. The zero-order valence-electron chi connectivity index (χ0n) is 10.5. The number of nitro benzene ring substituents is 1. The quantitative estimate of drug-likeness (QED) is 0.673. The molecule has 20 heavy (non-hydrogen) atoms. The maximum absolute atomic E-state index is 10.5. The third kappa shape index (κ3) is 3.33. The highest BCUT2D eigenvalue weighted by atomic mass is 35.5. The minimum atomic E-state index is -0.441. The highest BCUT2D eigenvalue weighted by molar-refractivity contribution is 6.32. The highest BCUT2D eigenvalue weighted by Gasteiger charge is 2.07. The minimum Gasteiger partial charge on any atom is -0.467 e. The van der Waals surface area contributed by atoms with Crippen molar-refractivity contribution in [3.8, 4) is 6.01 Å². The average molecular weight is 295 g/mol. The number of benzene rings is 1. The number of nitro groups is 1. The predicted molar refractivity (Wildman–Crippen MR) is 74.0 cm³/mol. The van der Waals surface area contributed by atoms with Crippen molar-refractivity contribution < 1.29 is 9.66 Å². The summed E-state index contributed by atoms with van der Waals surface area (Å²) in [7, 11) is 1.46. The average Bonchev–Trinajstić information content (AvgIpc) is 2.47. The van der Waals surface area contributed by atoms with Gasteiger partial charge >= 0.3 is 6.01 Å². The number of nitrogens with one attached hydrogen (secondary N) is 1. The minimum absolute atomic E-state index is 0.0514. The molecule has 0 fully saturated rings. The second-order valence-electron chi connectivity index (χ2n) is 3.83. The number of methoxy groups -OCH3 is 1. The lowest BCUT2D eigenvalue weighted by atomic mass is 10.2. The standard InChI is InChI=1S/C12H11ClN4O3/c1-20-12-15-7-10(13)11(16-12)14-6-8-2-4-9(5-3-8)17(18)19/h2-5,7H,6H2,1H3,(H,14,15,16). The van der Waals surface area contributed by atoms with E-state index in [1.54, 1.807) is 12.1 Å². The lowest BCUT2D eigenvalue weighted by molar-refractivity contribution is -0.384. The van der Waals surface area contributed by atoms with Crippen LogP contribution < -0.4 is 10.1 Å². The molecule has 0 aliphatic rings. The molecule has 1 N–H and O–H groups in total. The molecule has 1 aromatic heterocycles. The van der Waals surface area contributed by atoms with E-state index in [0.29, 0.717) is 17.4 Å². The van der Waals surface area contributed by atoms with Crippen LogP contribution >= 0.6 is 11.6 Å². The molecule has 7 nitrogen and oxygen atoms in total. The lowest BCUT2D eigenvalue weighted by Gasteiger charge is -2.08. The van der Waals surface area contributed by atoms with E-state index in [9.17, 15) is 10.1 Å². The van der Waals surface area contributed by atoms with Gasteiger partial charge in [-0.15, -0.1) is 0 Å². The molecule has 1 aromatic carbocycles. The van der Waals surface area contributed by atoms with E-state index >= 15 is 0 Å². The maximum atomic E-state index is 10.5. The van der Waals surface area contributed by atoms with Crippen molar-refractivity contribution >= 4 is 23.1 Å². The lowest BCUT2D eigenvalue weighted by Crippen LogP contribution is -2.04. The van der Waals surface area contributed by atoms with Gasteiger partial charge in [0.15, 0.2) is 5.82 Å². The smallest absolute Gasteiger partial charge is 0.318 e. The Labute approximate surface area is 119 Å². The fraction of sp³-hybridized carbons (Fsp3) is 0.167. The second kappa shape index (κ2) is 6.16. The Bertz CT molecular complexity index is 619. The van der Waals surface area contributed by atoms with Gasteiger partial charge in [-0.3, -0.25) is 10.1 Å². The molecule has 104 valence electrons. The zero-order chi connectivity index (χ0) is 14.5. The summed E-state index contributed by atoms with van der Waals surface area (Å²) in [5, 5.41) is 13.9. The summed E-state index contributed by atoms with van der Waals surface area (Å²) >= 11 is 5.95. The number of aromatic nitrogens is 2. The van der Waals surface area contributed by atoms with Crippen molar-refractivity contribution in [3.63, 3.8) is 0 Å². The van der Waals surface area contributed by atoms with E-state index in [1.807, 2.05) is 0 Å². The summed E-state index contributed by atoms with van der Waals surface area (Å²) in [5.74, 6) is 0.442. The van der Waals surface area contributed by atoms with Crippen molar-refractivity contribution in [2.24, 2.45) is 0 Å². The van der Waals surface area contributed by atoms with Crippen molar-refractivity contribution in [2.75, 3.05) is 12.4 Å². The SMILES string of the molecule is COc1ncc(Cl)c(NCc2ccc([N+](=O)[O-])cc2)n1. The molecule has 1 heterocycles. The number of anilines is 1. The Balaban J connectivity index is 2.06. The van der Waals surface area contributed by atoms with Gasteiger partial charge in [0, 0.05) is 18.7 Å². The number of nitrogens with zero attached hydrogens (tertiary/aromatic N) is 3. The van der Waals surface area contributed by atoms with Gasteiger partial charge in [0.25, 0.3) is 5.69 Å². The zero-order valence-corrected chi connectivity index (χ0v) is 11.3. The van der Waals surface area contributed by atoms with Gasteiger partial charge in [0.2, 0.25) is 0 Å². The van der Waals surface area contributed by atoms with Gasteiger partial charge in [-0.1, -0.05) is 23.7 Å².